The third-order valence-electron chi connectivity index (χ3n) is 5.80. The second-order valence-electron chi connectivity index (χ2n) is 8.42. The lowest BCUT2D eigenvalue weighted by atomic mass is 10.2. The van der Waals surface area contributed by atoms with E-state index < -0.39 is 5.56 Å². The van der Waals surface area contributed by atoms with E-state index >= 15 is 0 Å². The first-order valence-electron chi connectivity index (χ1n) is 12.2. The molecule has 2 aromatic heterocycles. The number of para-hydroxylation sites is 1. The van der Waals surface area contributed by atoms with Crippen molar-refractivity contribution in [1.29, 1.82) is 0 Å². The van der Waals surface area contributed by atoms with Crippen LogP contribution in [0.2, 0.25) is 0 Å². The lowest BCUT2D eigenvalue weighted by molar-refractivity contribution is 0.0950. The quantitative estimate of drug-likeness (QED) is 0.279. The Labute approximate surface area is 224 Å². The van der Waals surface area contributed by atoms with E-state index in [4.69, 9.17) is 9.47 Å². The number of nitrogens with zero attached hydrogens (tertiary/aromatic N) is 3. The molecule has 0 atom stereocenters. The number of nitrogens with one attached hydrogen (secondary N) is 2. The van der Waals surface area contributed by atoms with Crippen molar-refractivity contribution in [3.05, 3.63) is 131 Å². The molecular formula is C30H25N5O4. The molecule has 0 fully saturated rings. The van der Waals surface area contributed by atoms with Crippen LogP contribution in [0, 0.1) is 0 Å². The number of amides is 1. The molecule has 0 unspecified atom stereocenters. The standard InChI is InChI=1S/C30H25N5O4/c1-38-25-16-14-24(15-17-25)35-30(37)28(27(20-33-35)39-26-8-3-2-4-9-26)34-22-12-10-21(11-13-22)29(36)32-19-23-7-5-6-18-31-23/h2-18,20,34H,19H2,1H3,(H,32,36). The average Bonchev–Trinajstić information content (AvgIpc) is 2.99. The van der Waals surface area contributed by atoms with Gasteiger partial charge in [-0.25, -0.2) is 0 Å². The minimum atomic E-state index is -0.411. The molecular weight excluding hydrogens is 494 g/mol. The number of hydrogen-bond acceptors (Lipinski definition) is 7. The Balaban J connectivity index is 1.41. The summed E-state index contributed by atoms with van der Waals surface area (Å²) >= 11 is 0. The lowest BCUT2D eigenvalue weighted by Gasteiger charge is -2.15. The van der Waals surface area contributed by atoms with E-state index in [1.54, 1.807) is 74.0 Å². The fourth-order valence-electron chi connectivity index (χ4n) is 3.78. The molecule has 0 saturated heterocycles. The summed E-state index contributed by atoms with van der Waals surface area (Å²) in [6.45, 7) is 0.321. The summed E-state index contributed by atoms with van der Waals surface area (Å²) in [5, 5.41) is 10.3. The number of benzene rings is 3. The Kier molecular flexibility index (Phi) is 7.59. The van der Waals surface area contributed by atoms with Crippen molar-refractivity contribution in [1.82, 2.24) is 20.1 Å². The predicted octanol–water partition coefficient (Wildman–Crippen LogP) is 5.10. The first-order chi connectivity index (χ1) is 19.1. The first-order valence-corrected chi connectivity index (χ1v) is 12.2. The Bertz CT molecular complexity index is 1600. The minimum Gasteiger partial charge on any atom is -0.497 e. The van der Waals surface area contributed by atoms with Gasteiger partial charge in [-0.15, -0.1) is 0 Å². The lowest BCUT2D eigenvalue weighted by Crippen LogP contribution is -2.24. The van der Waals surface area contributed by atoms with Crippen LogP contribution in [0.25, 0.3) is 5.69 Å². The Morgan fingerprint density at radius 3 is 2.31 bits per heavy atom. The number of rotatable bonds is 9. The van der Waals surface area contributed by atoms with Crippen molar-refractivity contribution >= 4 is 17.3 Å². The maximum atomic E-state index is 13.6. The number of hydrogen-bond donors (Lipinski definition) is 2. The predicted molar refractivity (Wildman–Crippen MR) is 148 cm³/mol. The van der Waals surface area contributed by atoms with Gasteiger partial charge in [-0.2, -0.15) is 9.78 Å². The summed E-state index contributed by atoms with van der Waals surface area (Å²) in [5.74, 6) is 1.25. The molecule has 194 valence electrons. The molecule has 39 heavy (non-hydrogen) atoms. The van der Waals surface area contributed by atoms with Gasteiger partial charge in [0, 0.05) is 17.4 Å². The van der Waals surface area contributed by atoms with Crippen molar-refractivity contribution < 1.29 is 14.3 Å². The summed E-state index contributed by atoms with van der Waals surface area (Å²) in [7, 11) is 1.58. The van der Waals surface area contributed by atoms with Gasteiger partial charge in [-0.05, 0) is 72.8 Å². The molecule has 5 rings (SSSR count). The fraction of sp³-hybridized carbons (Fsp3) is 0.0667. The summed E-state index contributed by atoms with van der Waals surface area (Å²) in [5.41, 5.74) is 2.18. The maximum absolute atomic E-state index is 13.6. The van der Waals surface area contributed by atoms with Crippen molar-refractivity contribution in [3.8, 4) is 22.9 Å². The fourth-order valence-corrected chi connectivity index (χ4v) is 3.78. The number of methoxy groups -OCH3 is 1. The van der Waals surface area contributed by atoms with Crippen molar-refractivity contribution in [2.24, 2.45) is 0 Å². The van der Waals surface area contributed by atoms with E-state index in [1.165, 1.54) is 10.9 Å². The first kappa shape index (κ1) is 25.2. The zero-order valence-corrected chi connectivity index (χ0v) is 21.1. The van der Waals surface area contributed by atoms with Gasteiger partial charge in [0.25, 0.3) is 11.5 Å². The molecule has 2 N–H and O–H groups in total. The number of carbonyl (C=O) groups excluding carboxylic acids is 1. The van der Waals surface area contributed by atoms with Crippen molar-refractivity contribution in [3.63, 3.8) is 0 Å². The normalized spacial score (nSPS) is 10.5. The smallest absolute Gasteiger partial charge is 0.299 e. The monoisotopic (exact) mass is 519 g/mol. The SMILES string of the molecule is COc1ccc(-n2ncc(Oc3ccccc3)c(Nc3ccc(C(=O)NCc4ccccn4)cc3)c2=O)cc1. The largest absolute Gasteiger partial charge is 0.497 e. The van der Waals surface area contributed by atoms with Gasteiger partial charge in [0.2, 0.25) is 0 Å². The van der Waals surface area contributed by atoms with Crippen LogP contribution in [-0.2, 0) is 6.54 Å². The number of anilines is 2. The number of aromatic nitrogens is 3. The second-order valence-corrected chi connectivity index (χ2v) is 8.42. The average molecular weight is 520 g/mol. The minimum absolute atomic E-state index is 0.192. The molecule has 0 spiro atoms. The molecule has 1 amide bonds. The molecule has 0 saturated carbocycles. The number of carbonyl (C=O) groups is 1. The Morgan fingerprint density at radius 2 is 1.62 bits per heavy atom. The molecule has 0 bridgehead atoms. The van der Waals surface area contributed by atoms with Crippen molar-refractivity contribution in [2.75, 3.05) is 12.4 Å². The van der Waals surface area contributed by atoms with E-state index in [0.717, 1.165) is 5.69 Å². The summed E-state index contributed by atoms with van der Waals surface area (Å²) < 4.78 is 12.5. The van der Waals surface area contributed by atoms with Gasteiger partial charge in [-0.3, -0.25) is 14.6 Å². The third kappa shape index (κ3) is 6.11. The molecule has 0 aliphatic carbocycles. The molecule has 2 heterocycles. The number of ether oxygens (including phenoxy) is 2. The van der Waals surface area contributed by atoms with Crippen LogP contribution in [0.4, 0.5) is 11.4 Å². The van der Waals surface area contributed by atoms with E-state index in [9.17, 15) is 9.59 Å². The summed E-state index contributed by atoms with van der Waals surface area (Å²) in [6.07, 6.45) is 3.17. The molecule has 9 nitrogen and oxygen atoms in total. The summed E-state index contributed by atoms with van der Waals surface area (Å²) in [4.78, 5) is 30.4. The van der Waals surface area contributed by atoms with Gasteiger partial charge in [0.15, 0.2) is 11.4 Å². The van der Waals surface area contributed by atoms with Crippen LogP contribution in [-0.4, -0.2) is 27.8 Å². The molecule has 5 aromatic rings. The zero-order chi connectivity index (χ0) is 27.0. The second kappa shape index (κ2) is 11.7. The van der Waals surface area contributed by atoms with Gasteiger partial charge in [-0.1, -0.05) is 24.3 Å². The van der Waals surface area contributed by atoms with Crippen LogP contribution < -0.4 is 25.7 Å². The molecule has 0 radical (unpaired) electrons. The van der Waals surface area contributed by atoms with Crippen LogP contribution in [0.3, 0.4) is 0 Å². The summed E-state index contributed by atoms with van der Waals surface area (Å²) in [6, 6.07) is 28.5. The van der Waals surface area contributed by atoms with E-state index in [-0.39, 0.29) is 17.3 Å². The van der Waals surface area contributed by atoms with E-state index in [1.807, 2.05) is 36.4 Å². The topological polar surface area (TPSA) is 107 Å². The van der Waals surface area contributed by atoms with Crippen LogP contribution >= 0.6 is 0 Å². The van der Waals surface area contributed by atoms with Gasteiger partial charge in [0.1, 0.15) is 11.5 Å². The molecule has 3 aromatic carbocycles. The highest BCUT2D eigenvalue weighted by atomic mass is 16.5. The molecule has 0 aliphatic heterocycles. The van der Waals surface area contributed by atoms with Gasteiger partial charge < -0.3 is 20.1 Å². The van der Waals surface area contributed by atoms with E-state index in [0.29, 0.717) is 35.0 Å². The Hall–Kier alpha value is -5.44. The number of pyridine rings is 1. The van der Waals surface area contributed by atoms with Crippen LogP contribution in [0.15, 0.2) is 114 Å². The maximum Gasteiger partial charge on any atom is 0.299 e. The highest BCUT2D eigenvalue weighted by Gasteiger charge is 2.16. The van der Waals surface area contributed by atoms with Crippen molar-refractivity contribution in [2.45, 2.75) is 6.54 Å². The molecule has 0 aliphatic rings. The highest BCUT2D eigenvalue weighted by molar-refractivity contribution is 5.94. The zero-order valence-electron chi connectivity index (χ0n) is 21.1. The van der Waals surface area contributed by atoms with E-state index in [2.05, 4.69) is 20.7 Å². The van der Waals surface area contributed by atoms with Gasteiger partial charge in [0.05, 0.1) is 31.2 Å². The third-order valence-corrected chi connectivity index (χ3v) is 5.80. The van der Waals surface area contributed by atoms with Gasteiger partial charge >= 0.3 is 0 Å². The molecule has 9 heteroatoms. The van der Waals surface area contributed by atoms with Crippen LogP contribution in [0.5, 0.6) is 17.2 Å². The van der Waals surface area contributed by atoms with Crippen LogP contribution in [0.1, 0.15) is 16.1 Å². The highest BCUT2D eigenvalue weighted by Crippen LogP contribution is 2.29. The Morgan fingerprint density at radius 1 is 0.872 bits per heavy atom.